The Kier molecular flexibility index (Phi) is 8.37. The van der Waals surface area contributed by atoms with Gasteiger partial charge in [-0.1, -0.05) is 41.0 Å². The summed E-state index contributed by atoms with van der Waals surface area (Å²) in [6.45, 7) is 12.9. The molecule has 0 saturated carbocycles. The fourth-order valence-electron chi connectivity index (χ4n) is 3.66. The van der Waals surface area contributed by atoms with Crippen molar-refractivity contribution in [3.8, 4) is 11.5 Å². The third-order valence-electron chi connectivity index (χ3n) is 5.50. The molecule has 1 aliphatic heterocycles. The number of hydrogen-bond acceptors (Lipinski definition) is 2. The minimum atomic E-state index is -0.299. The van der Waals surface area contributed by atoms with Gasteiger partial charge in [0.1, 0.15) is 17.1 Å². The zero-order valence-electron chi connectivity index (χ0n) is 19.1. The van der Waals surface area contributed by atoms with Gasteiger partial charge in [0.05, 0.1) is 0 Å². The highest BCUT2D eigenvalue weighted by atomic mass is 16.5. The summed E-state index contributed by atoms with van der Waals surface area (Å²) >= 11 is 0. The first-order valence-corrected chi connectivity index (χ1v) is 10.8. The number of phenols is 1. The van der Waals surface area contributed by atoms with Crippen molar-refractivity contribution in [1.29, 1.82) is 0 Å². The van der Waals surface area contributed by atoms with Crippen molar-refractivity contribution in [3.05, 3.63) is 64.3 Å². The van der Waals surface area contributed by atoms with Crippen LogP contribution in [0.2, 0.25) is 0 Å². The van der Waals surface area contributed by atoms with E-state index in [0.29, 0.717) is 0 Å². The van der Waals surface area contributed by atoms with Gasteiger partial charge in [0.25, 0.3) is 0 Å². The summed E-state index contributed by atoms with van der Waals surface area (Å²) < 4.78 is 6.31. The molecule has 0 fully saturated rings. The quantitative estimate of drug-likeness (QED) is 0.429. The second-order valence-electron chi connectivity index (χ2n) is 8.93. The van der Waals surface area contributed by atoms with E-state index >= 15 is 0 Å². The largest absolute Gasteiger partial charge is 0.508 e. The number of ether oxygens (including phenoxy) is 1. The van der Waals surface area contributed by atoms with Crippen LogP contribution < -0.4 is 4.74 Å². The normalized spacial score (nSPS) is 19.0. The Bertz CT molecular complexity index is 819. The Morgan fingerprint density at radius 3 is 2.24 bits per heavy atom. The van der Waals surface area contributed by atoms with Crippen LogP contribution in [0.5, 0.6) is 11.5 Å². The molecule has 29 heavy (non-hydrogen) atoms. The molecule has 0 saturated heterocycles. The fraction of sp³-hybridized carbons (Fsp3) is 0.481. The molecular formula is C27H38O2. The first-order valence-electron chi connectivity index (χ1n) is 10.8. The number of allylic oxidation sites excluding steroid dienone is 6. The zero-order chi connectivity index (χ0) is 21.4. The standard InChI is InChI=1S/C27H38O2/c1-20(2)10-7-11-21(3)12-8-13-22(4)14-9-16-27(6)17-15-24-19-25(28)18-23(5)26(24)29-27/h10,12,14-15,17-19,28H,7-9,11,13,16H2,1-6H3. The number of hydrogen-bond donors (Lipinski definition) is 1. The third kappa shape index (κ3) is 7.61. The molecule has 1 atom stereocenters. The molecule has 0 aromatic heterocycles. The first kappa shape index (κ1) is 23.1. The molecule has 1 heterocycles. The summed E-state index contributed by atoms with van der Waals surface area (Å²) in [6, 6.07) is 3.52. The molecule has 1 aliphatic rings. The van der Waals surface area contributed by atoms with E-state index in [-0.39, 0.29) is 11.4 Å². The van der Waals surface area contributed by atoms with E-state index in [1.54, 1.807) is 12.1 Å². The molecule has 0 bridgehead atoms. The van der Waals surface area contributed by atoms with E-state index in [2.05, 4.69) is 65.0 Å². The lowest BCUT2D eigenvalue weighted by Crippen LogP contribution is -2.32. The van der Waals surface area contributed by atoms with E-state index < -0.39 is 0 Å². The van der Waals surface area contributed by atoms with Gasteiger partial charge in [0, 0.05) is 5.56 Å². The molecule has 1 aromatic carbocycles. The lowest BCUT2D eigenvalue weighted by molar-refractivity contribution is 0.127. The van der Waals surface area contributed by atoms with Crippen LogP contribution in [0.15, 0.2) is 53.2 Å². The Hall–Kier alpha value is -2.22. The maximum Gasteiger partial charge on any atom is 0.131 e. The van der Waals surface area contributed by atoms with E-state index in [9.17, 15) is 5.11 Å². The van der Waals surface area contributed by atoms with Crippen molar-refractivity contribution in [2.75, 3.05) is 0 Å². The highest BCUT2D eigenvalue weighted by Gasteiger charge is 2.27. The molecule has 1 N–H and O–H groups in total. The van der Waals surface area contributed by atoms with E-state index in [0.717, 1.165) is 55.4 Å². The maximum absolute atomic E-state index is 9.77. The van der Waals surface area contributed by atoms with Gasteiger partial charge in [-0.15, -0.1) is 0 Å². The molecule has 1 unspecified atom stereocenters. The lowest BCUT2D eigenvalue weighted by atomic mass is 9.93. The molecule has 0 spiro atoms. The summed E-state index contributed by atoms with van der Waals surface area (Å²) in [6.07, 6.45) is 17.7. The van der Waals surface area contributed by atoms with E-state index in [1.807, 2.05) is 6.92 Å². The van der Waals surface area contributed by atoms with Gasteiger partial charge in [0.15, 0.2) is 0 Å². The Morgan fingerprint density at radius 1 is 0.966 bits per heavy atom. The Labute approximate surface area is 177 Å². The summed E-state index contributed by atoms with van der Waals surface area (Å²) in [5.41, 5.74) is 5.98. The van der Waals surface area contributed by atoms with Gasteiger partial charge < -0.3 is 9.84 Å². The molecule has 0 radical (unpaired) electrons. The van der Waals surface area contributed by atoms with Crippen LogP contribution in [0, 0.1) is 6.92 Å². The first-order chi connectivity index (χ1) is 13.7. The van der Waals surface area contributed by atoms with Crippen molar-refractivity contribution in [3.63, 3.8) is 0 Å². The average Bonchev–Trinajstić information content (AvgIpc) is 2.62. The van der Waals surface area contributed by atoms with E-state index in [1.165, 1.54) is 16.7 Å². The van der Waals surface area contributed by atoms with Crippen molar-refractivity contribution < 1.29 is 9.84 Å². The molecule has 0 amide bonds. The number of fused-ring (bicyclic) bond motifs is 1. The number of phenolic OH excluding ortho intramolecular Hbond substituents is 1. The van der Waals surface area contributed by atoms with Crippen LogP contribution >= 0.6 is 0 Å². The summed E-state index contributed by atoms with van der Waals surface area (Å²) in [4.78, 5) is 0. The van der Waals surface area contributed by atoms with Gasteiger partial charge >= 0.3 is 0 Å². The summed E-state index contributed by atoms with van der Waals surface area (Å²) in [7, 11) is 0. The summed E-state index contributed by atoms with van der Waals surface area (Å²) in [5, 5.41) is 9.77. The number of benzene rings is 1. The minimum Gasteiger partial charge on any atom is -0.508 e. The third-order valence-corrected chi connectivity index (χ3v) is 5.50. The van der Waals surface area contributed by atoms with Crippen molar-refractivity contribution in [2.45, 2.75) is 85.7 Å². The number of aryl methyl sites for hydroxylation is 1. The Balaban J connectivity index is 1.81. The van der Waals surface area contributed by atoms with Gasteiger partial charge in [-0.2, -0.15) is 0 Å². The second kappa shape index (κ2) is 10.5. The van der Waals surface area contributed by atoms with Gasteiger partial charge in [-0.25, -0.2) is 0 Å². The fourth-order valence-corrected chi connectivity index (χ4v) is 3.66. The second-order valence-corrected chi connectivity index (χ2v) is 8.93. The smallest absolute Gasteiger partial charge is 0.131 e. The molecule has 0 aliphatic carbocycles. The molecule has 2 nitrogen and oxygen atoms in total. The monoisotopic (exact) mass is 394 g/mol. The number of aromatic hydroxyl groups is 1. The minimum absolute atomic E-state index is 0.290. The van der Waals surface area contributed by atoms with Crippen molar-refractivity contribution in [1.82, 2.24) is 0 Å². The van der Waals surface area contributed by atoms with Gasteiger partial charge in [-0.3, -0.25) is 0 Å². The van der Waals surface area contributed by atoms with Crippen LogP contribution in [-0.2, 0) is 0 Å². The highest BCUT2D eigenvalue weighted by molar-refractivity contribution is 5.65. The molecule has 2 heteroatoms. The topological polar surface area (TPSA) is 29.5 Å². The van der Waals surface area contributed by atoms with Crippen LogP contribution in [0.4, 0.5) is 0 Å². The van der Waals surface area contributed by atoms with Crippen molar-refractivity contribution >= 4 is 6.08 Å². The molecule has 158 valence electrons. The van der Waals surface area contributed by atoms with Gasteiger partial charge in [-0.05, 0) is 104 Å². The Morgan fingerprint density at radius 2 is 1.59 bits per heavy atom. The average molecular weight is 395 g/mol. The highest BCUT2D eigenvalue weighted by Crippen LogP contribution is 2.38. The van der Waals surface area contributed by atoms with Gasteiger partial charge in [0.2, 0.25) is 0 Å². The predicted octanol–water partition coefficient (Wildman–Crippen LogP) is 8.06. The predicted molar refractivity (Wildman–Crippen MR) is 126 cm³/mol. The lowest BCUT2D eigenvalue weighted by Gasteiger charge is -2.32. The van der Waals surface area contributed by atoms with Crippen LogP contribution in [0.25, 0.3) is 6.08 Å². The van der Waals surface area contributed by atoms with Crippen LogP contribution in [-0.4, -0.2) is 10.7 Å². The summed E-state index contributed by atoms with van der Waals surface area (Å²) in [5.74, 6) is 1.18. The molecule has 1 aromatic rings. The van der Waals surface area contributed by atoms with E-state index in [4.69, 9.17) is 4.74 Å². The molecule has 2 rings (SSSR count). The molecular weight excluding hydrogens is 356 g/mol. The van der Waals surface area contributed by atoms with Crippen LogP contribution in [0.3, 0.4) is 0 Å². The zero-order valence-corrected chi connectivity index (χ0v) is 19.1. The van der Waals surface area contributed by atoms with Crippen molar-refractivity contribution in [2.24, 2.45) is 0 Å². The number of rotatable bonds is 9. The van der Waals surface area contributed by atoms with Crippen LogP contribution in [0.1, 0.15) is 84.3 Å². The maximum atomic E-state index is 9.77. The SMILES string of the molecule is CC(C)=CCCC(C)=CCCC(C)=CCCC1(C)C=Cc2cc(O)cc(C)c2O1.